The van der Waals surface area contributed by atoms with Crippen LogP contribution in [-0.2, 0) is 12.8 Å². The number of rotatable bonds is 7. The zero-order chi connectivity index (χ0) is 14.4. The van der Waals surface area contributed by atoms with Gasteiger partial charge in [0.2, 0.25) is 5.89 Å². The van der Waals surface area contributed by atoms with Gasteiger partial charge in [-0.15, -0.1) is 0 Å². The molecule has 2 rings (SSSR count). The second kappa shape index (κ2) is 7.41. The molecule has 5 heteroatoms. The molecule has 0 fully saturated rings. The van der Waals surface area contributed by atoms with E-state index in [1.165, 1.54) is 0 Å². The molecule has 1 N–H and O–H groups in total. The van der Waals surface area contributed by atoms with Crippen LogP contribution in [0.4, 0.5) is 0 Å². The Morgan fingerprint density at radius 2 is 2.10 bits per heavy atom. The van der Waals surface area contributed by atoms with Gasteiger partial charge in [0.25, 0.3) is 0 Å². The summed E-state index contributed by atoms with van der Waals surface area (Å²) in [5.41, 5.74) is 1.02. The molecule has 0 saturated heterocycles. The van der Waals surface area contributed by atoms with E-state index in [4.69, 9.17) is 16.1 Å². The Labute approximate surface area is 124 Å². The fourth-order valence-electron chi connectivity index (χ4n) is 1.91. The highest BCUT2D eigenvalue weighted by atomic mass is 35.5. The summed E-state index contributed by atoms with van der Waals surface area (Å²) < 4.78 is 5.25. The summed E-state index contributed by atoms with van der Waals surface area (Å²) in [6.07, 6.45) is 2.40. The van der Waals surface area contributed by atoms with Crippen LogP contribution in [0.2, 0.25) is 5.02 Å². The van der Waals surface area contributed by atoms with Crippen molar-refractivity contribution in [2.45, 2.75) is 39.2 Å². The molecular formula is C15H20ClN3O. The Balaban J connectivity index is 1.85. The van der Waals surface area contributed by atoms with Crippen molar-refractivity contribution in [3.63, 3.8) is 0 Å². The van der Waals surface area contributed by atoms with E-state index in [1.807, 2.05) is 24.3 Å². The molecule has 20 heavy (non-hydrogen) atoms. The molecule has 0 aliphatic rings. The Morgan fingerprint density at radius 1 is 1.30 bits per heavy atom. The van der Waals surface area contributed by atoms with Crippen molar-refractivity contribution in [2.75, 3.05) is 6.54 Å². The van der Waals surface area contributed by atoms with Crippen LogP contribution in [0.5, 0.6) is 0 Å². The number of aryl methyl sites for hydroxylation is 1. The monoisotopic (exact) mass is 293 g/mol. The van der Waals surface area contributed by atoms with E-state index in [9.17, 15) is 0 Å². The Morgan fingerprint density at radius 3 is 2.85 bits per heavy atom. The summed E-state index contributed by atoms with van der Waals surface area (Å²) in [6, 6.07) is 8.23. The molecule has 1 heterocycles. The first-order chi connectivity index (χ1) is 9.65. The molecule has 0 radical (unpaired) electrons. The maximum Gasteiger partial charge on any atom is 0.226 e. The lowest BCUT2D eigenvalue weighted by atomic mass is 10.1. The fraction of sp³-hybridized carbons (Fsp3) is 0.467. The van der Waals surface area contributed by atoms with E-state index in [-0.39, 0.29) is 0 Å². The van der Waals surface area contributed by atoms with Crippen molar-refractivity contribution in [3.8, 4) is 0 Å². The lowest BCUT2D eigenvalue weighted by Crippen LogP contribution is -2.23. The van der Waals surface area contributed by atoms with E-state index < -0.39 is 0 Å². The van der Waals surface area contributed by atoms with Crippen molar-refractivity contribution in [2.24, 2.45) is 0 Å². The van der Waals surface area contributed by atoms with Gasteiger partial charge in [0, 0.05) is 23.9 Å². The van der Waals surface area contributed by atoms with Crippen molar-refractivity contribution in [1.82, 2.24) is 15.5 Å². The second-order valence-electron chi connectivity index (χ2n) is 5.08. The fourth-order valence-corrected chi connectivity index (χ4v) is 2.11. The molecule has 0 saturated carbocycles. The number of halogens is 1. The van der Waals surface area contributed by atoms with Gasteiger partial charge in [0.1, 0.15) is 0 Å². The van der Waals surface area contributed by atoms with E-state index in [0.29, 0.717) is 24.2 Å². The van der Waals surface area contributed by atoms with Crippen LogP contribution < -0.4 is 5.32 Å². The maximum atomic E-state index is 6.12. The van der Waals surface area contributed by atoms with Crippen LogP contribution in [0.15, 0.2) is 28.8 Å². The molecule has 0 aliphatic heterocycles. The summed E-state index contributed by atoms with van der Waals surface area (Å²) in [6.45, 7) is 5.22. The topological polar surface area (TPSA) is 51.0 Å². The van der Waals surface area contributed by atoms with Crippen LogP contribution in [0, 0.1) is 0 Å². The molecule has 0 aliphatic carbocycles. The lowest BCUT2D eigenvalue weighted by Gasteiger charge is -2.05. The first-order valence-electron chi connectivity index (χ1n) is 6.93. The quantitative estimate of drug-likeness (QED) is 0.796. The molecule has 0 bridgehead atoms. The van der Waals surface area contributed by atoms with Crippen molar-refractivity contribution in [1.29, 1.82) is 0 Å². The lowest BCUT2D eigenvalue weighted by molar-refractivity contribution is 0.369. The first kappa shape index (κ1) is 15.0. The number of aromatic nitrogens is 2. The van der Waals surface area contributed by atoms with Gasteiger partial charge in [0.05, 0.1) is 0 Å². The summed E-state index contributed by atoms with van der Waals surface area (Å²) in [7, 11) is 0. The Kier molecular flexibility index (Phi) is 5.56. The summed E-state index contributed by atoms with van der Waals surface area (Å²) >= 11 is 6.12. The third kappa shape index (κ3) is 4.62. The van der Waals surface area contributed by atoms with Crippen molar-refractivity contribution in [3.05, 3.63) is 46.6 Å². The number of hydrogen-bond acceptors (Lipinski definition) is 4. The highest BCUT2D eigenvalue weighted by Gasteiger charge is 2.08. The SMILES string of the molecule is CC(C)NCCCc1nc(Cc2ccccc2Cl)no1. The molecule has 4 nitrogen and oxygen atoms in total. The molecule has 1 aromatic carbocycles. The summed E-state index contributed by atoms with van der Waals surface area (Å²) in [4.78, 5) is 4.40. The van der Waals surface area contributed by atoms with Gasteiger partial charge >= 0.3 is 0 Å². The normalized spacial score (nSPS) is 11.2. The zero-order valence-electron chi connectivity index (χ0n) is 11.9. The predicted octanol–water partition coefficient (Wildman–Crippen LogP) is 3.24. The largest absolute Gasteiger partial charge is 0.339 e. The average Bonchev–Trinajstić information content (AvgIpc) is 2.85. The highest BCUT2D eigenvalue weighted by molar-refractivity contribution is 6.31. The van der Waals surface area contributed by atoms with Crippen LogP contribution >= 0.6 is 11.6 Å². The van der Waals surface area contributed by atoms with Gasteiger partial charge < -0.3 is 9.84 Å². The zero-order valence-corrected chi connectivity index (χ0v) is 12.7. The minimum Gasteiger partial charge on any atom is -0.339 e. The molecule has 108 valence electrons. The van der Waals surface area contributed by atoms with Crippen molar-refractivity contribution >= 4 is 11.6 Å². The second-order valence-corrected chi connectivity index (χ2v) is 5.49. The molecule has 0 amide bonds. The standard InChI is InChI=1S/C15H20ClN3O/c1-11(2)17-9-5-8-15-18-14(19-20-15)10-12-6-3-4-7-13(12)16/h3-4,6-7,11,17H,5,8-10H2,1-2H3. The predicted molar refractivity (Wildman–Crippen MR) is 80.0 cm³/mol. The van der Waals surface area contributed by atoms with Gasteiger partial charge in [-0.2, -0.15) is 4.98 Å². The molecule has 0 spiro atoms. The Hall–Kier alpha value is -1.39. The minimum absolute atomic E-state index is 0.508. The van der Waals surface area contributed by atoms with Gasteiger partial charge in [-0.25, -0.2) is 0 Å². The van der Waals surface area contributed by atoms with Gasteiger partial charge in [0.15, 0.2) is 5.82 Å². The molecule has 0 unspecified atom stereocenters. The number of nitrogens with one attached hydrogen (secondary N) is 1. The molecule has 2 aromatic rings. The third-order valence-electron chi connectivity index (χ3n) is 2.94. The third-order valence-corrected chi connectivity index (χ3v) is 3.31. The number of hydrogen-bond donors (Lipinski definition) is 1. The smallest absolute Gasteiger partial charge is 0.226 e. The number of nitrogens with zero attached hydrogens (tertiary/aromatic N) is 2. The van der Waals surface area contributed by atoms with Gasteiger partial charge in [-0.05, 0) is 24.6 Å². The van der Waals surface area contributed by atoms with E-state index in [2.05, 4.69) is 29.3 Å². The van der Waals surface area contributed by atoms with Crippen LogP contribution in [-0.4, -0.2) is 22.7 Å². The van der Waals surface area contributed by atoms with Gasteiger partial charge in [-0.3, -0.25) is 0 Å². The highest BCUT2D eigenvalue weighted by Crippen LogP contribution is 2.17. The average molecular weight is 294 g/mol. The van der Waals surface area contributed by atoms with Crippen LogP contribution in [0.1, 0.15) is 37.5 Å². The summed E-state index contributed by atoms with van der Waals surface area (Å²) in [5, 5.41) is 8.10. The van der Waals surface area contributed by atoms with Crippen molar-refractivity contribution < 1.29 is 4.52 Å². The molecule has 1 aromatic heterocycles. The van der Waals surface area contributed by atoms with E-state index in [0.717, 1.165) is 30.0 Å². The maximum absolute atomic E-state index is 6.12. The van der Waals surface area contributed by atoms with Crippen LogP contribution in [0.25, 0.3) is 0 Å². The van der Waals surface area contributed by atoms with E-state index >= 15 is 0 Å². The molecule has 0 atom stereocenters. The summed E-state index contributed by atoms with van der Waals surface area (Å²) in [5.74, 6) is 1.38. The van der Waals surface area contributed by atoms with Crippen LogP contribution in [0.3, 0.4) is 0 Å². The first-order valence-corrected chi connectivity index (χ1v) is 7.31. The van der Waals surface area contributed by atoms with Gasteiger partial charge in [-0.1, -0.05) is 48.8 Å². The minimum atomic E-state index is 0.508. The number of benzene rings is 1. The van der Waals surface area contributed by atoms with E-state index in [1.54, 1.807) is 0 Å². The Bertz CT molecular complexity index is 539. The molecular weight excluding hydrogens is 274 g/mol.